The molecule has 132 valence electrons. The molecule has 1 aliphatic rings. The monoisotopic (exact) mass is 345 g/mol. The van der Waals surface area contributed by atoms with Crippen LogP contribution < -0.4 is 10.1 Å². The van der Waals surface area contributed by atoms with Crippen LogP contribution >= 0.6 is 0 Å². The van der Waals surface area contributed by atoms with Crippen molar-refractivity contribution in [3.8, 4) is 11.7 Å². The van der Waals surface area contributed by atoms with Crippen LogP contribution in [-0.2, 0) is 9.53 Å². The molecule has 1 aromatic carbocycles. The van der Waals surface area contributed by atoms with Crippen LogP contribution in [0.1, 0.15) is 23.4 Å². The van der Waals surface area contributed by atoms with E-state index in [0.717, 1.165) is 6.42 Å². The van der Waals surface area contributed by atoms with Gasteiger partial charge in [-0.1, -0.05) is 18.2 Å². The number of carbonyl (C=O) groups is 2. The van der Waals surface area contributed by atoms with Crippen LogP contribution in [0.4, 0.5) is 0 Å². The van der Waals surface area contributed by atoms with Crippen LogP contribution in [0.5, 0.6) is 11.7 Å². The third kappa shape index (κ3) is 4.39. The highest BCUT2D eigenvalue weighted by Gasteiger charge is 2.32. The molecule has 1 saturated heterocycles. The highest BCUT2D eigenvalue weighted by Crippen LogP contribution is 2.24. The Labute approximate surface area is 144 Å². The van der Waals surface area contributed by atoms with Crippen molar-refractivity contribution in [2.24, 2.45) is 5.92 Å². The number of aliphatic carboxylic acids is 1. The van der Waals surface area contributed by atoms with Crippen LogP contribution in [-0.4, -0.2) is 36.2 Å². The molecule has 1 aliphatic heterocycles. The number of rotatable bonds is 6. The first-order valence-electron chi connectivity index (χ1n) is 8.07. The molecule has 0 bridgehead atoms. The van der Waals surface area contributed by atoms with E-state index in [1.807, 2.05) is 18.2 Å². The number of carbonyl (C=O) groups excluding carboxylic acids is 1. The molecule has 2 atom stereocenters. The molecule has 1 amide bonds. The van der Waals surface area contributed by atoms with E-state index >= 15 is 0 Å². The summed E-state index contributed by atoms with van der Waals surface area (Å²) in [7, 11) is 0. The molecule has 1 fully saturated rings. The van der Waals surface area contributed by atoms with E-state index in [1.165, 1.54) is 12.1 Å². The summed E-state index contributed by atoms with van der Waals surface area (Å²) >= 11 is 0. The highest BCUT2D eigenvalue weighted by atomic mass is 16.6. The van der Waals surface area contributed by atoms with E-state index in [1.54, 1.807) is 12.1 Å². The van der Waals surface area contributed by atoms with E-state index in [9.17, 15) is 14.7 Å². The summed E-state index contributed by atoms with van der Waals surface area (Å²) in [5.41, 5.74) is 0. The normalized spacial score (nSPS) is 18.3. The molecular formula is C18H19NO6. The van der Waals surface area contributed by atoms with Crippen molar-refractivity contribution in [2.45, 2.75) is 18.9 Å². The largest absolute Gasteiger partial charge is 0.480 e. The number of benzene rings is 1. The molecule has 2 N–H and O–H groups in total. The molecule has 2 aromatic rings. The Kier molecular flexibility index (Phi) is 5.35. The van der Waals surface area contributed by atoms with E-state index < -0.39 is 17.9 Å². The van der Waals surface area contributed by atoms with Gasteiger partial charge in [0.05, 0.1) is 6.61 Å². The topological polar surface area (TPSA) is 98.0 Å². The number of ether oxygens (including phenoxy) is 2. The first-order chi connectivity index (χ1) is 12.1. The first kappa shape index (κ1) is 17.0. The van der Waals surface area contributed by atoms with Gasteiger partial charge in [-0.3, -0.25) is 4.79 Å². The van der Waals surface area contributed by atoms with Crippen molar-refractivity contribution in [1.29, 1.82) is 0 Å². The molecule has 2 unspecified atom stereocenters. The smallest absolute Gasteiger partial charge is 0.326 e. The first-order valence-corrected chi connectivity index (χ1v) is 8.07. The number of para-hydroxylation sites is 1. The van der Waals surface area contributed by atoms with Gasteiger partial charge in [0.1, 0.15) is 11.8 Å². The number of hydrogen-bond donors (Lipinski definition) is 2. The lowest BCUT2D eigenvalue weighted by Crippen LogP contribution is -2.48. The summed E-state index contributed by atoms with van der Waals surface area (Å²) in [5.74, 6) is -1.22. The standard InChI is InChI=1S/C18H19NO6/c20-17(19-16(18(21)22)12-5-4-10-23-11-12)14-8-9-15(25-14)24-13-6-2-1-3-7-13/h1-3,6-9,12,16H,4-5,10-11H2,(H,19,20)(H,21,22). The minimum atomic E-state index is -1.09. The highest BCUT2D eigenvalue weighted by molar-refractivity contribution is 5.94. The number of hydrogen-bond acceptors (Lipinski definition) is 5. The van der Waals surface area contributed by atoms with Gasteiger partial charge >= 0.3 is 5.97 Å². The van der Waals surface area contributed by atoms with E-state index in [0.29, 0.717) is 25.4 Å². The zero-order chi connectivity index (χ0) is 17.6. The van der Waals surface area contributed by atoms with Crippen molar-refractivity contribution in [3.63, 3.8) is 0 Å². The average Bonchev–Trinajstić information content (AvgIpc) is 3.09. The van der Waals surface area contributed by atoms with Crippen LogP contribution in [0.25, 0.3) is 0 Å². The fourth-order valence-electron chi connectivity index (χ4n) is 2.72. The van der Waals surface area contributed by atoms with Gasteiger partial charge in [0.25, 0.3) is 11.9 Å². The molecule has 7 nitrogen and oxygen atoms in total. The molecule has 7 heteroatoms. The van der Waals surface area contributed by atoms with Gasteiger partial charge in [-0.05, 0) is 31.0 Å². The van der Waals surface area contributed by atoms with E-state index in [-0.39, 0.29) is 17.6 Å². The van der Waals surface area contributed by atoms with E-state index in [4.69, 9.17) is 13.9 Å². The van der Waals surface area contributed by atoms with Crippen LogP contribution in [0, 0.1) is 5.92 Å². The van der Waals surface area contributed by atoms with Crippen molar-refractivity contribution in [2.75, 3.05) is 13.2 Å². The van der Waals surface area contributed by atoms with Crippen LogP contribution in [0.2, 0.25) is 0 Å². The molecular weight excluding hydrogens is 326 g/mol. The molecule has 0 aliphatic carbocycles. The third-order valence-electron chi connectivity index (χ3n) is 3.99. The van der Waals surface area contributed by atoms with E-state index in [2.05, 4.69) is 5.32 Å². The van der Waals surface area contributed by atoms with Crippen molar-refractivity contribution >= 4 is 11.9 Å². The summed E-state index contributed by atoms with van der Waals surface area (Å²) < 4.78 is 16.2. The van der Waals surface area contributed by atoms with Gasteiger partial charge in [0, 0.05) is 18.6 Å². The van der Waals surface area contributed by atoms with Crippen molar-refractivity contribution < 1.29 is 28.6 Å². The predicted octanol–water partition coefficient (Wildman–Crippen LogP) is 2.68. The lowest BCUT2D eigenvalue weighted by molar-refractivity contribution is -0.142. The number of nitrogens with one attached hydrogen (secondary N) is 1. The van der Waals surface area contributed by atoms with Gasteiger partial charge in [-0.2, -0.15) is 0 Å². The summed E-state index contributed by atoms with van der Waals surface area (Å²) in [6, 6.07) is 10.9. The molecule has 0 spiro atoms. The maximum atomic E-state index is 12.3. The second-order valence-corrected chi connectivity index (χ2v) is 5.80. The fourth-order valence-corrected chi connectivity index (χ4v) is 2.72. The molecule has 25 heavy (non-hydrogen) atoms. The second kappa shape index (κ2) is 7.85. The van der Waals surface area contributed by atoms with Crippen molar-refractivity contribution in [3.05, 3.63) is 48.2 Å². The lowest BCUT2D eigenvalue weighted by Gasteiger charge is -2.27. The van der Waals surface area contributed by atoms with Gasteiger partial charge in [-0.15, -0.1) is 0 Å². The minimum Gasteiger partial charge on any atom is -0.480 e. The third-order valence-corrected chi connectivity index (χ3v) is 3.99. The average molecular weight is 345 g/mol. The Morgan fingerprint density at radius 3 is 2.68 bits per heavy atom. The molecule has 2 heterocycles. The Balaban J connectivity index is 1.64. The van der Waals surface area contributed by atoms with Crippen molar-refractivity contribution in [1.82, 2.24) is 5.32 Å². The predicted molar refractivity (Wildman–Crippen MR) is 87.7 cm³/mol. The molecule has 0 radical (unpaired) electrons. The quantitative estimate of drug-likeness (QED) is 0.835. The fraction of sp³-hybridized carbons (Fsp3) is 0.333. The van der Waals surface area contributed by atoms with Gasteiger partial charge < -0.3 is 24.3 Å². The summed E-state index contributed by atoms with van der Waals surface area (Å²) in [5, 5.41) is 11.9. The molecule has 0 saturated carbocycles. The number of amides is 1. The Bertz CT molecular complexity index is 720. The zero-order valence-corrected chi connectivity index (χ0v) is 13.5. The lowest BCUT2D eigenvalue weighted by atomic mass is 9.93. The number of carboxylic acids is 1. The number of carboxylic acid groups (broad SMARTS) is 1. The molecule has 3 rings (SSSR count). The minimum absolute atomic E-state index is 0.00564. The van der Waals surface area contributed by atoms with Crippen LogP contribution in [0.3, 0.4) is 0 Å². The number of furan rings is 1. The van der Waals surface area contributed by atoms with Crippen LogP contribution in [0.15, 0.2) is 46.9 Å². The Hall–Kier alpha value is -2.80. The van der Waals surface area contributed by atoms with Gasteiger partial charge in [0.15, 0.2) is 5.76 Å². The van der Waals surface area contributed by atoms with Gasteiger partial charge in [0.2, 0.25) is 0 Å². The Morgan fingerprint density at radius 1 is 1.20 bits per heavy atom. The maximum Gasteiger partial charge on any atom is 0.326 e. The van der Waals surface area contributed by atoms with Gasteiger partial charge in [-0.25, -0.2) is 4.79 Å². The summed E-state index contributed by atoms with van der Waals surface area (Å²) in [6.45, 7) is 0.937. The maximum absolute atomic E-state index is 12.3. The Morgan fingerprint density at radius 2 is 2.00 bits per heavy atom. The summed E-state index contributed by atoms with van der Waals surface area (Å²) in [6.07, 6.45) is 1.47. The summed E-state index contributed by atoms with van der Waals surface area (Å²) in [4.78, 5) is 23.8. The molecule has 1 aromatic heterocycles. The zero-order valence-electron chi connectivity index (χ0n) is 13.5. The SMILES string of the molecule is O=C(NC(C(=O)O)C1CCCOC1)c1ccc(Oc2ccccc2)o1. The second-order valence-electron chi connectivity index (χ2n) is 5.80.